The lowest BCUT2D eigenvalue weighted by atomic mass is 9.86. The second-order valence-electron chi connectivity index (χ2n) is 14.5. The van der Waals surface area contributed by atoms with Crippen LogP contribution in [-0.2, 0) is 47.4 Å². The first-order chi connectivity index (χ1) is 20.2. The molecule has 2 aromatic carbocycles. The van der Waals surface area contributed by atoms with Crippen LogP contribution in [-0.4, -0.2) is 85.6 Å². The largest absolute Gasteiger partial charge is 0.348 e. The van der Waals surface area contributed by atoms with Crippen LogP contribution >= 0.6 is 0 Å². The van der Waals surface area contributed by atoms with Crippen LogP contribution in [0.3, 0.4) is 0 Å². The Hall–Kier alpha value is -1.57. The van der Waals surface area contributed by atoms with E-state index in [9.17, 15) is 0 Å². The molecule has 0 amide bonds. The van der Waals surface area contributed by atoms with Gasteiger partial charge in [0.25, 0.3) is 0 Å². The summed E-state index contributed by atoms with van der Waals surface area (Å²) in [6.07, 6.45) is -2.86. The number of rotatable bonds is 4. The molecule has 0 aliphatic carbocycles. The molecule has 6 heterocycles. The van der Waals surface area contributed by atoms with Gasteiger partial charge in [0.05, 0.1) is 25.4 Å². The zero-order chi connectivity index (χ0) is 30.1. The summed E-state index contributed by atoms with van der Waals surface area (Å²) >= 11 is 0. The van der Waals surface area contributed by atoms with Crippen LogP contribution in [0.5, 0.6) is 0 Å². The van der Waals surface area contributed by atoms with Crippen LogP contribution in [0.4, 0.5) is 0 Å². The molecule has 6 saturated heterocycles. The van der Waals surface area contributed by atoms with Gasteiger partial charge in [0.15, 0.2) is 35.7 Å². The molecule has 10 atom stereocenters. The zero-order valence-corrected chi connectivity index (χ0v) is 26.2. The molecule has 6 fully saturated rings. The molecule has 6 aliphatic rings. The normalized spacial score (nSPS) is 43.9. The van der Waals surface area contributed by atoms with E-state index >= 15 is 0 Å². The van der Waals surface area contributed by atoms with Gasteiger partial charge in [-0.1, -0.05) is 5.39 Å². The van der Waals surface area contributed by atoms with Crippen LogP contribution < -0.4 is 0 Å². The number of fused-ring (bicyclic) bond motifs is 3. The van der Waals surface area contributed by atoms with Crippen molar-refractivity contribution in [1.82, 2.24) is 0 Å². The van der Waals surface area contributed by atoms with Crippen LogP contribution in [0.25, 0.3) is 10.8 Å². The standard InChI is InChI=1S/C33H43O10/c1-30(2)34-14-20(38-30)24-22(26-28(36-24)42-32(5,6)40-26)18-13-19(17-12-10-9-11-16(17)18)23-25(21-15-35-31(3,4)39-21)37-29-27(23)41-33(7,8)43-29/h9-13,20-29H,14-15H2,1-8H3/q-1/t20-,21-,22+,23+,24-,25-,26-,27-,28-,29-/m1/s1. The summed E-state index contributed by atoms with van der Waals surface area (Å²) in [7, 11) is 0. The third-order valence-electron chi connectivity index (χ3n) is 9.55. The van der Waals surface area contributed by atoms with Crippen LogP contribution in [0.1, 0.15) is 78.4 Å². The Morgan fingerprint density at radius 3 is 1.67 bits per heavy atom. The Labute approximate surface area is 252 Å². The first kappa shape index (κ1) is 28.9. The maximum Gasteiger partial charge on any atom is 0.188 e. The summed E-state index contributed by atoms with van der Waals surface area (Å²) in [5.41, 5.74) is 2.25. The molecule has 0 N–H and O–H groups in total. The van der Waals surface area contributed by atoms with Crippen molar-refractivity contribution < 1.29 is 47.4 Å². The van der Waals surface area contributed by atoms with E-state index in [2.05, 4.69) is 30.3 Å². The fourth-order valence-corrected chi connectivity index (χ4v) is 8.03. The highest BCUT2D eigenvalue weighted by Crippen LogP contribution is 2.54. The average molecular weight is 600 g/mol. The summed E-state index contributed by atoms with van der Waals surface area (Å²) in [6.45, 7) is 16.3. The fraction of sp³-hybridized carbons (Fsp3) is 0.727. The minimum Gasteiger partial charge on any atom is -0.348 e. The third kappa shape index (κ3) is 4.81. The predicted molar refractivity (Wildman–Crippen MR) is 152 cm³/mol. The highest BCUT2D eigenvalue weighted by atomic mass is 16.8. The molecule has 10 nitrogen and oxygen atoms in total. The quantitative estimate of drug-likeness (QED) is 0.457. The van der Waals surface area contributed by atoms with Gasteiger partial charge in [-0.25, -0.2) is 0 Å². The smallest absolute Gasteiger partial charge is 0.188 e. The number of benzene rings is 1. The van der Waals surface area contributed by atoms with E-state index in [0.717, 1.165) is 21.9 Å². The van der Waals surface area contributed by atoms with Crippen molar-refractivity contribution >= 4 is 10.8 Å². The second-order valence-corrected chi connectivity index (χ2v) is 14.5. The summed E-state index contributed by atoms with van der Waals surface area (Å²) < 4.78 is 63.5. The summed E-state index contributed by atoms with van der Waals surface area (Å²) in [6, 6.07) is 10.8. The van der Waals surface area contributed by atoms with Gasteiger partial charge in [-0.2, -0.15) is 0 Å². The van der Waals surface area contributed by atoms with Gasteiger partial charge >= 0.3 is 0 Å². The Bertz CT molecular complexity index is 1290. The SMILES string of the molecule is CC1(C)O[C@H]2O[C@H]([C@H]3COC(C)(C)O3)[C@H](c3cc([C@@H]4[C@H]5OC(C)(C)O[C@H]5O[C@@H]4[C@H]4COC(C)(C)O4)[c-]4ccccc34)[C@H]2O1. The van der Waals surface area contributed by atoms with Crippen LogP contribution in [0.15, 0.2) is 30.3 Å². The number of hydrogen-bond acceptors (Lipinski definition) is 10. The molecule has 0 aromatic heterocycles. The molecule has 43 heavy (non-hydrogen) atoms. The summed E-state index contributed by atoms with van der Waals surface area (Å²) in [4.78, 5) is 0. The van der Waals surface area contributed by atoms with Crippen molar-refractivity contribution in [1.29, 1.82) is 0 Å². The van der Waals surface area contributed by atoms with E-state index in [-0.39, 0.29) is 48.5 Å². The maximum absolute atomic E-state index is 6.61. The topological polar surface area (TPSA) is 92.3 Å². The van der Waals surface area contributed by atoms with E-state index in [1.54, 1.807) is 0 Å². The van der Waals surface area contributed by atoms with Gasteiger partial charge in [0.2, 0.25) is 0 Å². The van der Waals surface area contributed by atoms with Crippen molar-refractivity contribution in [3.63, 3.8) is 0 Å². The van der Waals surface area contributed by atoms with Crippen LogP contribution in [0.2, 0.25) is 0 Å². The monoisotopic (exact) mass is 599 g/mol. The number of hydrogen-bond donors (Lipinski definition) is 0. The van der Waals surface area contributed by atoms with Crippen LogP contribution in [0, 0.1) is 0 Å². The van der Waals surface area contributed by atoms with Gasteiger partial charge in [-0.15, -0.1) is 46.8 Å². The molecule has 0 unspecified atom stereocenters. The van der Waals surface area contributed by atoms with Crippen molar-refractivity contribution in [2.45, 2.75) is 140 Å². The van der Waals surface area contributed by atoms with Crippen molar-refractivity contribution in [3.8, 4) is 0 Å². The van der Waals surface area contributed by atoms with Gasteiger partial charge in [-0.3, -0.25) is 0 Å². The molecule has 0 bridgehead atoms. The third-order valence-corrected chi connectivity index (χ3v) is 9.55. The lowest BCUT2D eigenvalue weighted by Crippen LogP contribution is -2.38. The second kappa shape index (κ2) is 9.48. The first-order valence-corrected chi connectivity index (χ1v) is 15.5. The first-order valence-electron chi connectivity index (χ1n) is 15.5. The molecule has 0 spiro atoms. The van der Waals surface area contributed by atoms with Crippen molar-refractivity contribution in [3.05, 3.63) is 41.5 Å². The lowest BCUT2D eigenvalue weighted by Gasteiger charge is -2.31. The summed E-state index contributed by atoms with van der Waals surface area (Å²) in [5.74, 6) is -3.23. The van der Waals surface area contributed by atoms with E-state index in [1.807, 2.05) is 55.4 Å². The minimum atomic E-state index is -0.763. The molecule has 0 saturated carbocycles. The Morgan fingerprint density at radius 1 is 0.605 bits per heavy atom. The lowest BCUT2D eigenvalue weighted by molar-refractivity contribution is -0.223. The van der Waals surface area contributed by atoms with E-state index < -0.39 is 35.7 Å². The Kier molecular flexibility index (Phi) is 6.37. The highest BCUT2D eigenvalue weighted by molar-refractivity contribution is 5.92. The predicted octanol–water partition coefficient (Wildman–Crippen LogP) is 4.78. The van der Waals surface area contributed by atoms with Gasteiger partial charge in [0.1, 0.15) is 24.4 Å². The maximum atomic E-state index is 6.61. The Morgan fingerprint density at radius 2 is 1.14 bits per heavy atom. The molecule has 236 valence electrons. The molecule has 6 aliphatic heterocycles. The van der Waals surface area contributed by atoms with Crippen molar-refractivity contribution in [2.24, 2.45) is 0 Å². The van der Waals surface area contributed by atoms with Crippen molar-refractivity contribution in [2.75, 3.05) is 13.2 Å². The van der Waals surface area contributed by atoms with E-state index in [4.69, 9.17) is 47.4 Å². The van der Waals surface area contributed by atoms with Gasteiger partial charge in [0, 0.05) is 11.8 Å². The minimum absolute atomic E-state index is 0.160. The fourth-order valence-electron chi connectivity index (χ4n) is 8.03. The molecule has 2 aromatic rings. The molecular formula is C33H43O10-. The summed E-state index contributed by atoms with van der Waals surface area (Å²) in [5, 5.41) is 2.26. The molecule has 0 radical (unpaired) electrons. The average Bonchev–Trinajstić information content (AvgIpc) is 3.74. The highest BCUT2D eigenvalue weighted by Gasteiger charge is 2.60. The molecule has 8 rings (SSSR count). The number of ether oxygens (including phenoxy) is 10. The van der Waals surface area contributed by atoms with Gasteiger partial charge in [-0.05, 0) is 55.4 Å². The van der Waals surface area contributed by atoms with Gasteiger partial charge < -0.3 is 47.4 Å². The van der Waals surface area contributed by atoms with E-state index in [0.29, 0.717) is 13.2 Å². The Balaban J connectivity index is 1.23. The van der Waals surface area contributed by atoms with E-state index in [1.165, 1.54) is 0 Å². The molecule has 10 heteroatoms. The zero-order valence-electron chi connectivity index (χ0n) is 26.2. The molecular weight excluding hydrogens is 556 g/mol.